The van der Waals surface area contributed by atoms with Gasteiger partial charge in [0, 0.05) is 5.92 Å². The molecular formula is C32H54O13S3. The Morgan fingerprint density at radius 2 is 1.50 bits per heavy atom. The minimum absolute atomic E-state index is 0.0446. The predicted octanol–water partition coefficient (Wildman–Crippen LogP) is 5.51. The van der Waals surface area contributed by atoms with E-state index >= 15 is 0 Å². The van der Waals surface area contributed by atoms with E-state index in [-0.39, 0.29) is 29.6 Å². The summed E-state index contributed by atoms with van der Waals surface area (Å²) in [6.07, 6.45) is 0.966. The molecule has 16 heteroatoms. The summed E-state index contributed by atoms with van der Waals surface area (Å²) in [6, 6.07) is 0. The van der Waals surface area contributed by atoms with Gasteiger partial charge in [-0.3, -0.25) is 13.7 Å². The number of rotatable bonds is 13. The maximum Gasteiger partial charge on any atom is 0.397 e. The van der Waals surface area contributed by atoms with E-state index in [4.69, 9.17) is 8.37 Å². The molecule has 3 fully saturated rings. The monoisotopic (exact) mass is 742 g/mol. The molecule has 4 aliphatic rings. The first-order valence-electron chi connectivity index (χ1n) is 16.8. The molecule has 3 saturated carbocycles. The van der Waals surface area contributed by atoms with Crippen LogP contribution in [0.2, 0.25) is 0 Å². The van der Waals surface area contributed by atoms with Gasteiger partial charge < -0.3 is 5.11 Å². The molecule has 48 heavy (non-hydrogen) atoms. The zero-order valence-electron chi connectivity index (χ0n) is 29.0. The fourth-order valence-electron chi connectivity index (χ4n) is 10.9. The Labute approximate surface area is 286 Å². The summed E-state index contributed by atoms with van der Waals surface area (Å²) in [4.78, 5) is 0. The Balaban J connectivity index is 1.78. The van der Waals surface area contributed by atoms with Gasteiger partial charge in [0.25, 0.3) is 0 Å². The molecule has 3 unspecified atom stereocenters. The van der Waals surface area contributed by atoms with Crippen LogP contribution >= 0.6 is 0 Å². The van der Waals surface area contributed by atoms with Gasteiger partial charge in [-0.2, -0.15) is 25.3 Å². The van der Waals surface area contributed by atoms with Crippen LogP contribution < -0.4 is 0 Å². The van der Waals surface area contributed by atoms with Crippen LogP contribution in [0.15, 0.2) is 23.8 Å². The van der Waals surface area contributed by atoms with E-state index in [1.54, 1.807) is 6.92 Å². The molecule has 0 bridgehead atoms. The fourth-order valence-corrected chi connectivity index (χ4v) is 12.4. The fraction of sp³-hybridized carbons (Fsp3) is 0.875. The van der Waals surface area contributed by atoms with Crippen molar-refractivity contribution in [3.63, 3.8) is 0 Å². The molecule has 0 radical (unpaired) electrons. The highest BCUT2D eigenvalue weighted by Gasteiger charge is 2.68. The van der Waals surface area contributed by atoms with Crippen LogP contribution in [0.4, 0.5) is 0 Å². The van der Waals surface area contributed by atoms with Crippen molar-refractivity contribution in [1.29, 1.82) is 0 Å². The maximum atomic E-state index is 12.2. The number of hydrogen-bond acceptors (Lipinski definition) is 10. The van der Waals surface area contributed by atoms with E-state index in [0.717, 1.165) is 44.1 Å². The predicted molar refractivity (Wildman–Crippen MR) is 177 cm³/mol. The van der Waals surface area contributed by atoms with Crippen LogP contribution in [0.5, 0.6) is 0 Å². The van der Waals surface area contributed by atoms with Crippen molar-refractivity contribution in [2.45, 2.75) is 131 Å². The number of aliphatic hydroxyl groups is 1. The molecule has 4 N–H and O–H groups in total. The zero-order chi connectivity index (χ0) is 36.5. The lowest BCUT2D eigenvalue weighted by Crippen LogP contribution is -2.65. The normalized spacial score (nSPS) is 39.6. The molecule has 13 nitrogen and oxygen atoms in total. The lowest BCUT2D eigenvalue weighted by Gasteiger charge is -2.63. The van der Waals surface area contributed by atoms with Gasteiger partial charge >= 0.3 is 31.2 Å². The van der Waals surface area contributed by atoms with Crippen molar-refractivity contribution in [1.82, 2.24) is 0 Å². The van der Waals surface area contributed by atoms with Gasteiger partial charge in [0.2, 0.25) is 0 Å². The van der Waals surface area contributed by atoms with Crippen molar-refractivity contribution in [3.8, 4) is 0 Å². The molecule has 4 rings (SSSR count). The van der Waals surface area contributed by atoms with Gasteiger partial charge in [0.1, 0.15) is 12.2 Å². The largest absolute Gasteiger partial charge is 0.397 e. The first-order chi connectivity index (χ1) is 21.8. The van der Waals surface area contributed by atoms with Gasteiger partial charge in [0.15, 0.2) is 0 Å². The van der Waals surface area contributed by atoms with Crippen molar-refractivity contribution >= 4 is 31.2 Å². The molecule has 4 aliphatic carbocycles. The average Bonchev–Trinajstić information content (AvgIpc) is 3.20. The van der Waals surface area contributed by atoms with Crippen molar-refractivity contribution in [2.24, 2.45) is 45.3 Å². The first-order valence-corrected chi connectivity index (χ1v) is 20.9. The van der Waals surface area contributed by atoms with Crippen LogP contribution in [-0.2, 0) is 43.7 Å². The molecule has 11 atom stereocenters. The quantitative estimate of drug-likeness (QED) is 0.136. The second-order valence-corrected chi connectivity index (χ2v) is 18.8. The maximum absolute atomic E-state index is 12.2. The summed E-state index contributed by atoms with van der Waals surface area (Å²) in [5.41, 5.74) is 0.163. The smallest absolute Gasteiger partial charge is 0.390 e. The third-order valence-corrected chi connectivity index (χ3v) is 15.1. The molecule has 0 aliphatic heterocycles. The minimum atomic E-state index is -5.29. The van der Waals surface area contributed by atoms with Crippen molar-refractivity contribution in [2.75, 3.05) is 0 Å². The Bertz CT molecular complexity index is 1600. The second-order valence-electron chi connectivity index (χ2n) is 15.7. The SMILES string of the molecule is C=C(C)C(CC)(CC)CC[C@@H](C)[C@H]1CC[C@@]2(C)C3CC(OS(=O)(=O)O)C4[C@@H](O)[C@H](OS(=O)(=O)O)[C@@H](OS(=O)(=O)O)C[C@]4(C)C3=CC[C@]12C. The summed E-state index contributed by atoms with van der Waals surface area (Å²) in [7, 11) is -15.6. The highest BCUT2D eigenvalue weighted by molar-refractivity contribution is 7.81. The average molecular weight is 743 g/mol. The van der Waals surface area contributed by atoms with Crippen LogP contribution in [0.1, 0.15) is 106 Å². The molecule has 0 aromatic heterocycles. The zero-order valence-corrected chi connectivity index (χ0v) is 31.4. The topological polar surface area (TPSA) is 211 Å². The Hall–Kier alpha value is -0.950. The standard InChI is InChI=1S/C32H54O13S3/c1-9-32(10-2,19(3)4)16-11-20(5)21-12-14-31(8)23-17-24(43-46(34,35)36)26-27(33)28(45-48(40,41)42)25(44-47(37,38)39)18-29(26,6)22(23)13-15-30(21,31)7/h13,20-21,23-28,33H,3,9-12,14-18H2,1-2,4-8H3,(H,34,35,36)(H,37,38,39)(H,40,41,42)/t20-,21-,23?,24?,25+,26?,27-,28-,29-,30-,31+/m1/s1. The van der Waals surface area contributed by atoms with E-state index in [1.165, 1.54) is 5.57 Å². The van der Waals surface area contributed by atoms with Crippen LogP contribution in [0.3, 0.4) is 0 Å². The summed E-state index contributed by atoms with van der Waals surface area (Å²) >= 11 is 0. The third-order valence-electron chi connectivity index (χ3n) is 13.7. The van der Waals surface area contributed by atoms with E-state index in [9.17, 15) is 44.0 Å². The highest BCUT2D eigenvalue weighted by Crippen LogP contribution is 2.72. The van der Waals surface area contributed by atoms with Gasteiger partial charge in [-0.1, -0.05) is 65.3 Å². The number of fused-ring (bicyclic) bond motifs is 5. The lowest BCUT2D eigenvalue weighted by atomic mass is 9.43. The van der Waals surface area contributed by atoms with Crippen LogP contribution in [-0.4, -0.2) is 68.4 Å². The summed E-state index contributed by atoms with van der Waals surface area (Å²) in [6.45, 7) is 19.2. The van der Waals surface area contributed by atoms with Gasteiger partial charge in [-0.25, -0.2) is 12.5 Å². The second kappa shape index (κ2) is 13.2. The highest BCUT2D eigenvalue weighted by atomic mass is 32.3. The third kappa shape index (κ3) is 7.22. The van der Waals surface area contributed by atoms with E-state index in [1.807, 2.05) is 0 Å². The molecule has 278 valence electrons. The van der Waals surface area contributed by atoms with Crippen molar-refractivity contribution < 1.29 is 56.6 Å². The first kappa shape index (κ1) is 39.8. The van der Waals surface area contributed by atoms with Crippen molar-refractivity contribution in [3.05, 3.63) is 23.8 Å². The van der Waals surface area contributed by atoms with Crippen LogP contribution in [0, 0.1) is 45.3 Å². The number of hydrogen-bond donors (Lipinski definition) is 4. The lowest BCUT2D eigenvalue weighted by molar-refractivity contribution is -0.179. The molecule has 0 amide bonds. The number of aliphatic hydroxyl groups excluding tert-OH is 1. The van der Waals surface area contributed by atoms with Gasteiger partial charge in [0.05, 0.1) is 12.2 Å². The Morgan fingerprint density at radius 1 is 0.958 bits per heavy atom. The molecule has 0 heterocycles. The molecule has 0 saturated heterocycles. The molecular weight excluding hydrogens is 689 g/mol. The molecule has 0 aromatic carbocycles. The summed E-state index contributed by atoms with van der Waals surface area (Å²) in [5, 5.41) is 11.6. The molecule has 0 aromatic rings. The Kier molecular flexibility index (Phi) is 11.0. The van der Waals surface area contributed by atoms with E-state index in [0.29, 0.717) is 18.3 Å². The van der Waals surface area contributed by atoms with E-state index in [2.05, 4.69) is 58.4 Å². The Morgan fingerprint density at radius 3 is 2.00 bits per heavy atom. The summed E-state index contributed by atoms with van der Waals surface area (Å²) < 4.78 is 115. The molecule has 0 spiro atoms. The summed E-state index contributed by atoms with van der Waals surface area (Å²) in [5.74, 6) is -0.900. The van der Waals surface area contributed by atoms with E-state index < -0.39 is 72.4 Å². The van der Waals surface area contributed by atoms with Crippen LogP contribution in [0.25, 0.3) is 0 Å². The minimum Gasteiger partial charge on any atom is -0.390 e. The van der Waals surface area contributed by atoms with Gasteiger partial charge in [-0.15, -0.1) is 0 Å². The van der Waals surface area contributed by atoms with Gasteiger partial charge in [-0.05, 0) is 104 Å². The number of allylic oxidation sites excluding steroid dienone is 3.